The Morgan fingerprint density at radius 3 is 2.42 bits per heavy atom. The molecule has 0 amide bonds. The molecule has 0 aliphatic rings. The topological polar surface area (TPSA) is 12.9 Å². The maximum absolute atomic E-state index is 12.0. The molecule has 66 valence electrons. The second kappa shape index (κ2) is 3.49. The lowest BCUT2D eigenvalue weighted by molar-refractivity contribution is -0.141. The average molecular weight is 352 g/mol. The first-order valence-corrected chi connectivity index (χ1v) is 4.66. The summed E-state index contributed by atoms with van der Waals surface area (Å²) in [6.07, 6.45) is -3.19. The van der Waals surface area contributed by atoms with Gasteiger partial charge in [-0.2, -0.15) is 13.2 Å². The molecule has 1 aromatic rings. The Bertz CT molecular complexity index is 299. The maximum atomic E-state index is 12.0. The SMILES string of the molecule is FC(F)(F)c1cc(Br)c(I)cn1. The van der Waals surface area contributed by atoms with Crippen LogP contribution >= 0.6 is 38.5 Å². The summed E-state index contributed by atoms with van der Waals surface area (Å²) >= 11 is 4.88. The van der Waals surface area contributed by atoms with Gasteiger partial charge >= 0.3 is 6.18 Å². The second-order valence-electron chi connectivity index (χ2n) is 1.98. The highest BCUT2D eigenvalue weighted by atomic mass is 127. The predicted octanol–water partition coefficient (Wildman–Crippen LogP) is 3.47. The molecule has 1 nitrogen and oxygen atoms in total. The Hall–Kier alpha value is 0.150. The standard InChI is InChI=1S/C6H2BrF3IN/c7-3-1-5(6(8,9)10)12-2-4(3)11/h1-2H. The minimum absolute atomic E-state index is 0.408. The minimum Gasteiger partial charge on any atom is -0.251 e. The Balaban J connectivity index is 3.14. The van der Waals surface area contributed by atoms with Gasteiger partial charge in [-0.3, -0.25) is 4.98 Å². The molecule has 1 heterocycles. The largest absolute Gasteiger partial charge is 0.433 e. The first-order valence-electron chi connectivity index (χ1n) is 2.79. The highest BCUT2D eigenvalue weighted by molar-refractivity contribution is 14.1. The van der Waals surface area contributed by atoms with Crippen molar-refractivity contribution in [1.29, 1.82) is 0 Å². The molecule has 0 bridgehead atoms. The molecule has 0 spiro atoms. The lowest BCUT2D eigenvalue weighted by Crippen LogP contribution is -2.07. The summed E-state index contributed by atoms with van der Waals surface area (Å²) in [5.41, 5.74) is -0.880. The van der Waals surface area contributed by atoms with Gasteiger partial charge in [0.25, 0.3) is 0 Å². The summed E-state index contributed by atoms with van der Waals surface area (Å²) in [7, 11) is 0. The van der Waals surface area contributed by atoms with Crippen LogP contribution in [0, 0.1) is 3.57 Å². The molecule has 0 aromatic carbocycles. The molecule has 6 heteroatoms. The van der Waals surface area contributed by atoms with Gasteiger partial charge in [0, 0.05) is 14.2 Å². The Labute approximate surface area is 88.6 Å². The van der Waals surface area contributed by atoms with E-state index < -0.39 is 11.9 Å². The van der Waals surface area contributed by atoms with E-state index in [0.717, 1.165) is 6.07 Å². The summed E-state index contributed by atoms with van der Waals surface area (Å²) in [6, 6.07) is 0.960. The molecular formula is C6H2BrF3IN. The predicted molar refractivity (Wildman–Crippen MR) is 49.7 cm³/mol. The van der Waals surface area contributed by atoms with Gasteiger partial charge < -0.3 is 0 Å². The molecule has 0 aliphatic heterocycles. The second-order valence-corrected chi connectivity index (χ2v) is 4.00. The number of rotatable bonds is 0. The van der Waals surface area contributed by atoms with Crippen LogP contribution in [0.5, 0.6) is 0 Å². The molecular weight excluding hydrogens is 350 g/mol. The van der Waals surface area contributed by atoms with Gasteiger partial charge in [-0.1, -0.05) is 0 Å². The lowest BCUT2D eigenvalue weighted by atomic mass is 10.3. The van der Waals surface area contributed by atoms with Crippen molar-refractivity contribution < 1.29 is 13.2 Å². The zero-order valence-corrected chi connectivity index (χ0v) is 9.24. The molecule has 0 atom stereocenters. The van der Waals surface area contributed by atoms with Gasteiger partial charge in [0.15, 0.2) is 0 Å². The molecule has 12 heavy (non-hydrogen) atoms. The fourth-order valence-corrected chi connectivity index (χ4v) is 1.18. The number of hydrogen-bond acceptors (Lipinski definition) is 1. The van der Waals surface area contributed by atoms with Gasteiger partial charge in [0.1, 0.15) is 5.69 Å². The van der Waals surface area contributed by atoms with E-state index in [9.17, 15) is 13.2 Å². The van der Waals surface area contributed by atoms with Crippen molar-refractivity contribution in [1.82, 2.24) is 4.98 Å². The van der Waals surface area contributed by atoms with Crippen molar-refractivity contribution in [3.63, 3.8) is 0 Å². The van der Waals surface area contributed by atoms with Crippen LogP contribution in [-0.4, -0.2) is 4.98 Å². The summed E-state index contributed by atoms with van der Waals surface area (Å²) < 4.78 is 37.1. The van der Waals surface area contributed by atoms with Crippen LogP contribution in [0.1, 0.15) is 5.69 Å². The van der Waals surface area contributed by atoms with E-state index in [1.165, 1.54) is 6.20 Å². The van der Waals surface area contributed by atoms with E-state index >= 15 is 0 Å². The van der Waals surface area contributed by atoms with Crippen LogP contribution in [0.25, 0.3) is 0 Å². The van der Waals surface area contributed by atoms with Gasteiger partial charge in [0.05, 0.1) is 0 Å². The van der Waals surface area contributed by atoms with Crippen LogP contribution in [-0.2, 0) is 6.18 Å². The number of hydrogen-bond donors (Lipinski definition) is 0. The third kappa shape index (κ3) is 2.32. The van der Waals surface area contributed by atoms with Crippen LogP contribution < -0.4 is 0 Å². The molecule has 0 fully saturated rings. The number of alkyl halides is 3. The molecule has 0 saturated heterocycles. The van der Waals surface area contributed by atoms with E-state index in [1.807, 2.05) is 22.6 Å². The Morgan fingerprint density at radius 1 is 1.42 bits per heavy atom. The molecule has 0 saturated carbocycles. The summed E-state index contributed by atoms with van der Waals surface area (Å²) in [4.78, 5) is 3.25. The first-order chi connectivity index (χ1) is 5.41. The van der Waals surface area contributed by atoms with E-state index in [1.54, 1.807) is 0 Å². The van der Waals surface area contributed by atoms with Gasteiger partial charge in [-0.25, -0.2) is 0 Å². The first kappa shape index (κ1) is 10.2. The van der Waals surface area contributed by atoms with Crippen molar-refractivity contribution in [2.75, 3.05) is 0 Å². The Kier molecular flexibility index (Phi) is 2.97. The highest BCUT2D eigenvalue weighted by Crippen LogP contribution is 2.30. The fraction of sp³-hybridized carbons (Fsp3) is 0.167. The zero-order chi connectivity index (χ0) is 9.35. The summed E-state index contributed by atoms with van der Waals surface area (Å²) in [6.45, 7) is 0. The monoisotopic (exact) mass is 351 g/mol. The maximum Gasteiger partial charge on any atom is 0.433 e. The van der Waals surface area contributed by atoms with Crippen molar-refractivity contribution in [3.05, 3.63) is 26.0 Å². The summed E-state index contributed by atoms with van der Waals surface area (Å²) in [5.74, 6) is 0. The number of halogens is 5. The highest BCUT2D eigenvalue weighted by Gasteiger charge is 2.32. The van der Waals surface area contributed by atoms with Crippen molar-refractivity contribution in [2.45, 2.75) is 6.18 Å². The number of pyridine rings is 1. The number of aromatic nitrogens is 1. The van der Waals surface area contributed by atoms with Gasteiger partial charge in [-0.05, 0) is 44.6 Å². The van der Waals surface area contributed by atoms with Crippen LogP contribution in [0.15, 0.2) is 16.7 Å². The summed E-state index contributed by atoms with van der Waals surface area (Å²) in [5, 5.41) is 0. The molecule has 0 aliphatic carbocycles. The third-order valence-electron chi connectivity index (χ3n) is 1.10. The molecule has 0 radical (unpaired) electrons. The van der Waals surface area contributed by atoms with Crippen molar-refractivity contribution in [2.24, 2.45) is 0 Å². The average Bonchev–Trinajstić information content (AvgIpc) is 1.92. The van der Waals surface area contributed by atoms with E-state index in [2.05, 4.69) is 20.9 Å². The van der Waals surface area contributed by atoms with Crippen LogP contribution in [0.2, 0.25) is 0 Å². The normalized spacial score (nSPS) is 11.8. The Morgan fingerprint density at radius 2 is 2.00 bits per heavy atom. The fourth-order valence-electron chi connectivity index (χ4n) is 0.569. The zero-order valence-electron chi connectivity index (χ0n) is 5.49. The minimum atomic E-state index is -4.37. The lowest BCUT2D eigenvalue weighted by Gasteiger charge is -2.05. The molecule has 1 aromatic heterocycles. The third-order valence-corrected chi connectivity index (χ3v) is 3.36. The van der Waals surface area contributed by atoms with Crippen molar-refractivity contribution in [3.8, 4) is 0 Å². The van der Waals surface area contributed by atoms with Gasteiger partial charge in [-0.15, -0.1) is 0 Å². The van der Waals surface area contributed by atoms with Crippen LogP contribution in [0.3, 0.4) is 0 Å². The number of nitrogens with zero attached hydrogens (tertiary/aromatic N) is 1. The van der Waals surface area contributed by atoms with E-state index in [-0.39, 0.29) is 0 Å². The van der Waals surface area contributed by atoms with E-state index in [0.29, 0.717) is 8.04 Å². The van der Waals surface area contributed by atoms with E-state index in [4.69, 9.17) is 0 Å². The quantitative estimate of drug-likeness (QED) is 0.652. The van der Waals surface area contributed by atoms with Crippen LogP contribution in [0.4, 0.5) is 13.2 Å². The molecule has 0 unspecified atom stereocenters. The molecule has 1 rings (SSSR count). The van der Waals surface area contributed by atoms with Crippen molar-refractivity contribution >= 4 is 38.5 Å². The smallest absolute Gasteiger partial charge is 0.251 e. The molecule has 0 N–H and O–H groups in total. The van der Waals surface area contributed by atoms with Gasteiger partial charge in [0.2, 0.25) is 0 Å².